The van der Waals surface area contributed by atoms with E-state index in [1.165, 1.54) is 34.8 Å². The first-order valence-corrected chi connectivity index (χ1v) is 10.2. The molecule has 3 heterocycles. The van der Waals surface area contributed by atoms with Crippen molar-refractivity contribution in [3.63, 3.8) is 0 Å². The minimum atomic E-state index is -0.529. The molecule has 142 valence electrons. The fourth-order valence-electron chi connectivity index (χ4n) is 2.79. The number of nitrogens with zero attached hydrogens (tertiary/aromatic N) is 2. The van der Waals surface area contributed by atoms with Crippen LogP contribution in [0.4, 0.5) is 4.39 Å². The lowest BCUT2D eigenvalue weighted by Crippen LogP contribution is -2.12. The molecule has 1 aromatic carbocycles. The van der Waals surface area contributed by atoms with Crippen molar-refractivity contribution in [2.24, 2.45) is 0 Å². The molecule has 0 aliphatic carbocycles. The molecular formula is C20H15FN2O3S2. The van der Waals surface area contributed by atoms with Gasteiger partial charge >= 0.3 is 5.97 Å². The van der Waals surface area contributed by atoms with Gasteiger partial charge in [-0.25, -0.2) is 9.18 Å². The summed E-state index contributed by atoms with van der Waals surface area (Å²) in [6.45, 7) is 2.05. The van der Waals surface area contributed by atoms with Gasteiger partial charge in [-0.05, 0) is 42.1 Å². The molecule has 0 N–H and O–H groups in total. The van der Waals surface area contributed by atoms with Crippen LogP contribution in [0.3, 0.4) is 0 Å². The van der Waals surface area contributed by atoms with Crippen LogP contribution in [0.15, 0.2) is 47.8 Å². The summed E-state index contributed by atoms with van der Waals surface area (Å²) < 4.78 is 20.1. The molecule has 0 saturated heterocycles. The summed E-state index contributed by atoms with van der Waals surface area (Å²) in [4.78, 5) is 26.2. The Morgan fingerprint density at radius 2 is 1.96 bits per heavy atom. The Morgan fingerprint density at radius 3 is 2.68 bits per heavy atom. The Balaban J connectivity index is 1.51. The largest absolute Gasteiger partial charge is 0.453 e. The molecule has 0 atom stereocenters. The van der Waals surface area contributed by atoms with Crippen LogP contribution in [0.1, 0.15) is 30.6 Å². The van der Waals surface area contributed by atoms with E-state index in [-0.39, 0.29) is 18.2 Å². The lowest BCUT2D eigenvalue weighted by Gasteiger charge is -2.03. The molecule has 0 fully saturated rings. The molecule has 0 unspecified atom stereocenters. The highest BCUT2D eigenvalue weighted by Crippen LogP contribution is 2.29. The van der Waals surface area contributed by atoms with Crippen LogP contribution in [0.2, 0.25) is 0 Å². The first kappa shape index (κ1) is 18.5. The van der Waals surface area contributed by atoms with Crippen LogP contribution in [-0.4, -0.2) is 28.1 Å². The summed E-state index contributed by atoms with van der Waals surface area (Å²) in [7, 11) is 0. The van der Waals surface area contributed by atoms with Gasteiger partial charge in [-0.15, -0.1) is 22.7 Å². The highest BCUT2D eigenvalue weighted by atomic mass is 32.1. The van der Waals surface area contributed by atoms with E-state index in [9.17, 15) is 14.0 Å². The van der Waals surface area contributed by atoms with E-state index in [4.69, 9.17) is 4.74 Å². The second-order valence-corrected chi connectivity index (χ2v) is 8.15. The lowest BCUT2D eigenvalue weighted by molar-refractivity contribution is 0.0481. The van der Waals surface area contributed by atoms with Crippen LogP contribution in [-0.2, 0) is 11.3 Å². The summed E-state index contributed by atoms with van der Waals surface area (Å²) in [5, 5.41) is 7.17. The number of fused-ring (bicyclic) bond motifs is 1. The summed E-state index contributed by atoms with van der Waals surface area (Å²) in [6.07, 6.45) is 0. The van der Waals surface area contributed by atoms with Crippen LogP contribution in [0.5, 0.6) is 0 Å². The first-order chi connectivity index (χ1) is 13.5. The highest BCUT2D eigenvalue weighted by Gasteiger charge is 2.19. The van der Waals surface area contributed by atoms with Crippen LogP contribution < -0.4 is 0 Å². The van der Waals surface area contributed by atoms with Gasteiger partial charge in [-0.1, -0.05) is 18.2 Å². The van der Waals surface area contributed by atoms with Gasteiger partial charge in [-0.2, -0.15) is 5.10 Å². The SMILES string of the molecule is Cc1nn(Cc2ccc(F)cc2)c2sc(C(=O)OCC(=O)c3cccs3)cc12. The van der Waals surface area contributed by atoms with Gasteiger partial charge in [0.15, 0.2) is 6.61 Å². The third kappa shape index (κ3) is 3.74. The number of carbonyl (C=O) groups excluding carboxylic acids is 2. The number of carbonyl (C=O) groups is 2. The van der Waals surface area contributed by atoms with E-state index in [0.717, 1.165) is 21.5 Å². The van der Waals surface area contributed by atoms with Gasteiger partial charge in [0.05, 0.1) is 17.1 Å². The normalized spacial score (nSPS) is 11.1. The fourth-order valence-corrected chi connectivity index (χ4v) is 4.50. The van der Waals surface area contributed by atoms with E-state index in [0.29, 0.717) is 16.3 Å². The van der Waals surface area contributed by atoms with E-state index in [1.807, 2.05) is 6.92 Å². The topological polar surface area (TPSA) is 61.2 Å². The fraction of sp³-hybridized carbons (Fsp3) is 0.150. The maximum atomic E-state index is 13.1. The minimum Gasteiger partial charge on any atom is -0.453 e. The molecule has 4 aromatic rings. The molecule has 5 nitrogen and oxygen atoms in total. The number of thiophene rings is 2. The number of ether oxygens (including phenoxy) is 1. The number of aromatic nitrogens is 2. The van der Waals surface area contributed by atoms with E-state index in [1.54, 1.807) is 40.4 Å². The first-order valence-electron chi connectivity index (χ1n) is 8.46. The van der Waals surface area contributed by atoms with Gasteiger partial charge in [0, 0.05) is 5.39 Å². The molecule has 28 heavy (non-hydrogen) atoms. The number of aryl methyl sites for hydroxylation is 1. The van der Waals surface area contributed by atoms with Crippen molar-refractivity contribution in [1.29, 1.82) is 0 Å². The highest BCUT2D eigenvalue weighted by molar-refractivity contribution is 7.20. The zero-order chi connectivity index (χ0) is 19.7. The average Bonchev–Trinajstić information content (AvgIpc) is 3.41. The molecule has 0 aliphatic rings. The summed E-state index contributed by atoms with van der Waals surface area (Å²) in [5.41, 5.74) is 1.70. The second kappa shape index (κ2) is 7.65. The molecule has 0 bridgehead atoms. The Labute approximate surface area is 168 Å². The minimum absolute atomic E-state index is 0.219. The van der Waals surface area contributed by atoms with Crippen molar-refractivity contribution >= 4 is 44.6 Å². The number of esters is 1. The van der Waals surface area contributed by atoms with Gasteiger partial charge in [0.25, 0.3) is 0 Å². The predicted octanol–water partition coefficient (Wildman–Crippen LogP) is 4.69. The monoisotopic (exact) mass is 414 g/mol. The number of hydrogen-bond donors (Lipinski definition) is 0. The molecule has 0 spiro atoms. The Morgan fingerprint density at radius 1 is 1.18 bits per heavy atom. The summed E-state index contributed by atoms with van der Waals surface area (Å²) in [6, 6.07) is 11.4. The lowest BCUT2D eigenvalue weighted by atomic mass is 10.2. The van der Waals surface area contributed by atoms with Crippen LogP contribution >= 0.6 is 22.7 Å². The van der Waals surface area contributed by atoms with Crippen LogP contribution in [0.25, 0.3) is 10.2 Å². The van der Waals surface area contributed by atoms with Crippen molar-refractivity contribution in [1.82, 2.24) is 9.78 Å². The van der Waals surface area contributed by atoms with Crippen molar-refractivity contribution in [3.05, 3.63) is 74.7 Å². The van der Waals surface area contributed by atoms with E-state index in [2.05, 4.69) is 5.10 Å². The van der Waals surface area contributed by atoms with Gasteiger partial charge in [0.2, 0.25) is 5.78 Å². The van der Waals surface area contributed by atoms with Gasteiger partial charge in [0.1, 0.15) is 15.5 Å². The average molecular weight is 414 g/mol. The molecule has 4 rings (SSSR count). The number of benzene rings is 1. The van der Waals surface area contributed by atoms with E-state index >= 15 is 0 Å². The number of ketones is 1. The Kier molecular flexibility index (Phi) is 5.06. The molecule has 0 aliphatic heterocycles. The molecule has 3 aromatic heterocycles. The van der Waals surface area contributed by atoms with Crippen molar-refractivity contribution in [2.45, 2.75) is 13.5 Å². The maximum Gasteiger partial charge on any atom is 0.348 e. The number of hydrogen-bond acceptors (Lipinski definition) is 6. The third-order valence-electron chi connectivity index (χ3n) is 4.18. The Hall–Kier alpha value is -2.84. The van der Waals surface area contributed by atoms with Crippen LogP contribution in [0, 0.1) is 12.7 Å². The van der Waals surface area contributed by atoms with Crippen molar-refractivity contribution in [3.8, 4) is 0 Å². The standard InChI is InChI=1S/C20H15FN2O3S2/c1-12-15-9-18(20(25)26-11-16(24)17-3-2-8-27-17)28-19(15)23(22-12)10-13-4-6-14(21)7-5-13/h2-9H,10-11H2,1H3. The van der Waals surface area contributed by atoms with E-state index < -0.39 is 5.97 Å². The maximum absolute atomic E-state index is 13.1. The van der Waals surface area contributed by atoms with Crippen molar-refractivity contribution < 1.29 is 18.7 Å². The summed E-state index contributed by atoms with van der Waals surface area (Å²) in [5.74, 6) is -1.04. The molecular weight excluding hydrogens is 399 g/mol. The Bertz CT molecular complexity index is 1140. The molecule has 8 heteroatoms. The predicted molar refractivity (Wildman–Crippen MR) is 107 cm³/mol. The second-order valence-electron chi connectivity index (χ2n) is 6.18. The van der Waals surface area contributed by atoms with Gasteiger partial charge in [-0.3, -0.25) is 9.48 Å². The number of rotatable bonds is 6. The zero-order valence-electron chi connectivity index (χ0n) is 14.8. The molecule has 0 radical (unpaired) electrons. The number of halogens is 1. The quantitative estimate of drug-likeness (QED) is 0.339. The van der Waals surface area contributed by atoms with Crippen molar-refractivity contribution in [2.75, 3.05) is 6.61 Å². The number of Topliss-reactive ketones (excluding diaryl/α,β-unsaturated/α-hetero) is 1. The van der Waals surface area contributed by atoms with Gasteiger partial charge < -0.3 is 4.74 Å². The third-order valence-corrected chi connectivity index (χ3v) is 6.22. The zero-order valence-corrected chi connectivity index (χ0v) is 16.5. The molecule has 0 amide bonds. The smallest absolute Gasteiger partial charge is 0.348 e. The summed E-state index contributed by atoms with van der Waals surface area (Å²) >= 11 is 2.58. The molecule has 0 saturated carbocycles.